The first kappa shape index (κ1) is 10.4. The number of nitrogens with one attached hydrogen (secondary N) is 1. The minimum absolute atomic E-state index is 0.00453. The minimum Gasteiger partial charge on any atom is -0.353 e. The lowest BCUT2D eigenvalue weighted by atomic mass is 10.1. The van der Waals surface area contributed by atoms with Crippen LogP contribution in [0.1, 0.15) is 28.5 Å². The maximum atomic E-state index is 11.1. The number of carbonyl (C=O) groups excluding carboxylic acids is 2. The van der Waals surface area contributed by atoms with E-state index in [9.17, 15) is 9.59 Å². The van der Waals surface area contributed by atoms with Crippen LogP contribution in [-0.4, -0.2) is 17.2 Å². The lowest BCUT2D eigenvalue weighted by Crippen LogP contribution is -2.12. The molecule has 0 unspecified atom stereocenters. The summed E-state index contributed by atoms with van der Waals surface area (Å²) in [6.07, 6.45) is 2.16. The van der Waals surface area contributed by atoms with E-state index in [1.54, 1.807) is 12.3 Å². The van der Waals surface area contributed by atoms with Gasteiger partial charge in [0.1, 0.15) is 0 Å². The number of ketones is 1. The van der Waals surface area contributed by atoms with Crippen molar-refractivity contribution < 1.29 is 9.59 Å². The van der Waals surface area contributed by atoms with Gasteiger partial charge in [0.15, 0.2) is 5.78 Å². The van der Waals surface area contributed by atoms with Gasteiger partial charge in [0.2, 0.25) is 6.41 Å². The molecule has 0 aliphatic carbocycles. The van der Waals surface area contributed by atoms with Crippen LogP contribution in [0, 0.1) is 6.92 Å². The van der Waals surface area contributed by atoms with Crippen molar-refractivity contribution in [3.8, 4) is 0 Å². The van der Waals surface area contributed by atoms with Crippen LogP contribution in [0.25, 0.3) is 0 Å². The summed E-state index contributed by atoms with van der Waals surface area (Å²) in [5, 5.41) is 2.51. The number of Topliss-reactive ketones (excluding diaryl/α,β-unsaturated/α-hetero) is 1. The molecule has 4 heteroatoms. The van der Waals surface area contributed by atoms with Crippen molar-refractivity contribution in [2.45, 2.75) is 20.4 Å². The fraction of sp³-hybridized carbons (Fsp3) is 0.300. The highest BCUT2D eigenvalue weighted by atomic mass is 16.1. The van der Waals surface area contributed by atoms with Gasteiger partial charge in [-0.25, -0.2) is 0 Å². The Labute approximate surface area is 82.3 Å². The second kappa shape index (κ2) is 4.50. The molecule has 0 radical (unpaired) electrons. The van der Waals surface area contributed by atoms with Crippen LogP contribution >= 0.6 is 0 Å². The first-order valence-electron chi connectivity index (χ1n) is 4.28. The standard InChI is InChI=1S/C10H12N2O2/c1-7-3-9(4-11-6-13)12-5-10(7)8(2)14/h3,5-6H,4H2,1-2H3,(H,11,13). The van der Waals surface area contributed by atoms with Crippen LogP contribution < -0.4 is 5.32 Å². The van der Waals surface area contributed by atoms with Crippen LogP contribution in [0.15, 0.2) is 12.3 Å². The molecule has 0 aromatic carbocycles. The first-order valence-corrected chi connectivity index (χ1v) is 4.28. The van der Waals surface area contributed by atoms with Gasteiger partial charge in [-0.2, -0.15) is 0 Å². The lowest BCUT2D eigenvalue weighted by Gasteiger charge is -2.04. The van der Waals surface area contributed by atoms with Crippen molar-refractivity contribution in [3.63, 3.8) is 0 Å². The van der Waals surface area contributed by atoms with Gasteiger partial charge in [0.05, 0.1) is 12.2 Å². The molecule has 74 valence electrons. The molecule has 1 amide bonds. The number of pyridine rings is 1. The number of amides is 1. The SMILES string of the molecule is CC(=O)c1cnc(CNC=O)cc1C. The van der Waals surface area contributed by atoms with Gasteiger partial charge in [-0.3, -0.25) is 14.6 Å². The van der Waals surface area contributed by atoms with Gasteiger partial charge in [0, 0.05) is 11.8 Å². The van der Waals surface area contributed by atoms with Crippen LogP contribution in [-0.2, 0) is 11.3 Å². The predicted molar refractivity (Wildman–Crippen MR) is 51.9 cm³/mol. The molecule has 0 spiro atoms. The van der Waals surface area contributed by atoms with Gasteiger partial charge < -0.3 is 5.32 Å². The van der Waals surface area contributed by atoms with E-state index in [1.807, 2.05) is 6.92 Å². The number of hydrogen-bond acceptors (Lipinski definition) is 3. The van der Waals surface area contributed by atoms with Crippen molar-refractivity contribution in [3.05, 3.63) is 29.1 Å². The highest BCUT2D eigenvalue weighted by Crippen LogP contribution is 2.08. The zero-order valence-corrected chi connectivity index (χ0v) is 8.20. The summed E-state index contributed by atoms with van der Waals surface area (Å²) in [4.78, 5) is 25.2. The highest BCUT2D eigenvalue weighted by Gasteiger charge is 2.04. The molecule has 14 heavy (non-hydrogen) atoms. The zero-order chi connectivity index (χ0) is 10.6. The Kier molecular flexibility index (Phi) is 3.34. The van der Waals surface area contributed by atoms with Crippen molar-refractivity contribution >= 4 is 12.2 Å². The molecule has 4 nitrogen and oxygen atoms in total. The molecule has 1 heterocycles. The molecule has 1 N–H and O–H groups in total. The van der Waals surface area contributed by atoms with Gasteiger partial charge in [-0.05, 0) is 25.5 Å². The van der Waals surface area contributed by atoms with E-state index >= 15 is 0 Å². The second-order valence-electron chi connectivity index (χ2n) is 3.05. The van der Waals surface area contributed by atoms with E-state index in [1.165, 1.54) is 6.92 Å². The molecule has 1 aromatic rings. The van der Waals surface area contributed by atoms with E-state index < -0.39 is 0 Å². The molecule has 1 aromatic heterocycles. The largest absolute Gasteiger partial charge is 0.353 e. The van der Waals surface area contributed by atoms with Crippen LogP contribution in [0.3, 0.4) is 0 Å². The van der Waals surface area contributed by atoms with Crippen LogP contribution in [0.4, 0.5) is 0 Å². The third-order valence-corrected chi connectivity index (χ3v) is 1.91. The topological polar surface area (TPSA) is 59.1 Å². The Hall–Kier alpha value is -1.71. The van der Waals surface area contributed by atoms with Gasteiger partial charge in [0.25, 0.3) is 0 Å². The monoisotopic (exact) mass is 192 g/mol. The molecule has 0 saturated carbocycles. The fourth-order valence-electron chi connectivity index (χ4n) is 1.23. The predicted octanol–water partition coefficient (Wildman–Crippen LogP) is 0.839. The smallest absolute Gasteiger partial charge is 0.207 e. The summed E-state index contributed by atoms with van der Waals surface area (Å²) in [6.45, 7) is 3.75. The number of rotatable bonds is 4. The third kappa shape index (κ3) is 2.39. The van der Waals surface area contributed by atoms with Crippen molar-refractivity contribution in [1.82, 2.24) is 10.3 Å². The number of carbonyl (C=O) groups is 2. The summed E-state index contributed by atoms with van der Waals surface area (Å²) in [7, 11) is 0. The molecule has 0 aliphatic rings. The van der Waals surface area contributed by atoms with E-state index in [0.29, 0.717) is 18.5 Å². The van der Waals surface area contributed by atoms with E-state index in [0.717, 1.165) is 11.3 Å². The van der Waals surface area contributed by atoms with Crippen molar-refractivity contribution in [1.29, 1.82) is 0 Å². The Bertz CT molecular complexity index is 361. The summed E-state index contributed by atoms with van der Waals surface area (Å²) < 4.78 is 0. The average molecular weight is 192 g/mol. The summed E-state index contributed by atoms with van der Waals surface area (Å²) >= 11 is 0. The second-order valence-corrected chi connectivity index (χ2v) is 3.05. The lowest BCUT2D eigenvalue weighted by molar-refractivity contribution is -0.109. The average Bonchev–Trinajstić information content (AvgIpc) is 2.14. The molecular formula is C10H12N2O2. The Balaban J connectivity index is 2.88. The third-order valence-electron chi connectivity index (χ3n) is 1.91. The van der Waals surface area contributed by atoms with E-state index in [-0.39, 0.29) is 5.78 Å². The number of hydrogen-bond donors (Lipinski definition) is 1. The maximum Gasteiger partial charge on any atom is 0.207 e. The molecular weight excluding hydrogens is 180 g/mol. The summed E-state index contributed by atoms with van der Waals surface area (Å²) in [5.41, 5.74) is 2.26. The first-order chi connectivity index (χ1) is 6.65. The quantitative estimate of drug-likeness (QED) is 0.568. The summed E-state index contributed by atoms with van der Waals surface area (Å²) in [5.74, 6) is 0.00453. The molecule has 1 rings (SSSR count). The van der Waals surface area contributed by atoms with Crippen LogP contribution in [0.2, 0.25) is 0 Å². The molecule has 0 saturated heterocycles. The van der Waals surface area contributed by atoms with E-state index in [2.05, 4.69) is 10.3 Å². The number of aryl methyl sites for hydroxylation is 1. The minimum atomic E-state index is 0.00453. The zero-order valence-electron chi connectivity index (χ0n) is 8.20. The van der Waals surface area contributed by atoms with Gasteiger partial charge in [-0.1, -0.05) is 0 Å². The fourth-order valence-corrected chi connectivity index (χ4v) is 1.23. The van der Waals surface area contributed by atoms with E-state index in [4.69, 9.17) is 0 Å². The summed E-state index contributed by atoms with van der Waals surface area (Å²) in [6, 6.07) is 1.80. The Morgan fingerprint density at radius 2 is 2.36 bits per heavy atom. The Morgan fingerprint density at radius 1 is 1.64 bits per heavy atom. The number of aromatic nitrogens is 1. The Morgan fingerprint density at radius 3 is 2.86 bits per heavy atom. The molecule has 0 fully saturated rings. The van der Waals surface area contributed by atoms with Gasteiger partial charge in [-0.15, -0.1) is 0 Å². The highest BCUT2D eigenvalue weighted by molar-refractivity contribution is 5.95. The molecule has 0 aliphatic heterocycles. The molecule has 0 bridgehead atoms. The van der Waals surface area contributed by atoms with Crippen molar-refractivity contribution in [2.75, 3.05) is 0 Å². The maximum absolute atomic E-state index is 11.1. The number of nitrogens with zero attached hydrogens (tertiary/aromatic N) is 1. The normalized spacial score (nSPS) is 9.57. The molecule has 0 atom stereocenters. The van der Waals surface area contributed by atoms with Gasteiger partial charge >= 0.3 is 0 Å². The van der Waals surface area contributed by atoms with Crippen LogP contribution in [0.5, 0.6) is 0 Å². The van der Waals surface area contributed by atoms with Crippen molar-refractivity contribution in [2.24, 2.45) is 0 Å².